The highest BCUT2D eigenvalue weighted by atomic mass is 127. The van der Waals surface area contributed by atoms with Gasteiger partial charge in [-0.2, -0.15) is 0 Å². The molecule has 0 fully saturated rings. The first-order chi connectivity index (χ1) is 11.8. The van der Waals surface area contributed by atoms with Crippen molar-refractivity contribution in [2.24, 2.45) is 4.99 Å². The second kappa shape index (κ2) is 9.36. The van der Waals surface area contributed by atoms with Crippen molar-refractivity contribution in [3.63, 3.8) is 0 Å². The number of hydrogen-bond donors (Lipinski definition) is 1. The largest absolute Gasteiger partial charge is 0.352 e. The van der Waals surface area contributed by atoms with Crippen LogP contribution in [0.15, 0.2) is 71.9 Å². The van der Waals surface area contributed by atoms with Gasteiger partial charge in [0.2, 0.25) is 0 Å². The van der Waals surface area contributed by atoms with Crippen molar-refractivity contribution in [2.75, 3.05) is 14.1 Å². The maximum Gasteiger partial charge on any atom is 0.193 e. The summed E-state index contributed by atoms with van der Waals surface area (Å²) >= 11 is 0. The molecular formula is C20H23IN4. The van der Waals surface area contributed by atoms with Crippen LogP contribution in [-0.4, -0.2) is 29.9 Å². The van der Waals surface area contributed by atoms with Crippen LogP contribution in [0.2, 0.25) is 0 Å². The lowest BCUT2D eigenvalue weighted by Crippen LogP contribution is -2.38. The second-order valence-electron chi connectivity index (χ2n) is 5.73. The van der Waals surface area contributed by atoms with Crippen LogP contribution in [0.3, 0.4) is 0 Å². The van der Waals surface area contributed by atoms with Gasteiger partial charge in [0.15, 0.2) is 5.96 Å². The molecule has 0 aliphatic rings. The highest BCUT2D eigenvalue weighted by molar-refractivity contribution is 14.0. The van der Waals surface area contributed by atoms with E-state index in [1.165, 1.54) is 11.1 Å². The van der Waals surface area contributed by atoms with E-state index in [4.69, 9.17) is 0 Å². The third-order valence-corrected chi connectivity index (χ3v) is 3.99. The number of hydrogen-bond acceptors (Lipinski definition) is 2. The number of para-hydroxylation sites is 1. The van der Waals surface area contributed by atoms with E-state index in [2.05, 4.69) is 68.7 Å². The Morgan fingerprint density at radius 1 is 1.04 bits per heavy atom. The number of halogens is 1. The Kier molecular flexibility index (Phi) is 7.18. The zero-order chi connectivity index (χ0) is 16.8. The molecule has 0 saturated carbocycles. The molecule has 4 nitrogen and oxygen atoms in total. The summed E-state index contributed by atoms with van der Waals surface area (Å²) in [6.45, 7) is 1.51. The first-order valence-corrected chi connectivity index (χ1v) is 8.06. The van der Waals surface area contributed by atoms with Crippen molar-refractivity contribution in [2.45, 2.75) is 13.1 Å². The summed E-state index contributed by atoms with van der Waals surface area (Å²) in [4.78, 5) is 11.0. The van der Waals surface area contributed by atoms with Crippen molar-refractivity contribution in [3.8, 4) is 0 Å². The number of fused-ring (bicyclic) bond motifs is 1. The van der Waals surface area contributed by atoms with E-state index >= 15 is 0 Å². The fraction of sp³-hybridized carbons (Fsp3) is 0.200. The number of benzene rings is 2. The monoisotopic (exact) mass is 446 g/mol. The van der Waals surface area contributed by atoms with Crippen LogP contribution in [0.4, 0.5) is 0 Å². The van der Waals surface area contributed by atoms with Crippen LogP contribution < -0.4 is 5.32 Å². The number of aliphatic imine (C=N–C) groups is 1. The minimum Gasteiger partial charge on any atom is -0.352 e. The summed E-state index contributed by atoms with van der Waals surface area (Å²) in [7, 11) is 3.86. The first kappa shape index (κ1) is 19.2. The van der Waals surface area contributed by atoms with Gasteiger partial charge in [-0.15, -0.1) is 24.0 Å². The molecule has 0 atom stereocenters. The van der Waals surface area contributed by atoms with Crippen molar-refractivity contribution in [1.29, 1.82) is 0 Å². The Morgan fingerprint density at radius 2 is 1.80 bits per heavy atom. The number of aromatic nitrogens is 1. The van der Waals surface area contributed by atoms with Gasteiger partial charge in [-0.1, -0.05) is 54.6 Å². The van der Waals surface area contributed by atoms with Gasteiger partial charge in [-0.25, -0.2) is 0 Å². The molecule has 0 spiro atoms. The van der Waals surface area contributed by atoms with Crippen LogP contribution in [-0.2, 0) is 13.1 Å². The average molecular weight is 446 g/mol. The van der Waals surface area contributed by atoms with Gasteiger partial charge < -0.3 is 10.2 Å². The summed E-state index contributed by atoms with van der Waals surface area (Å²) in [5.41, 5.74) is 3.46. The predicted octanol–water partition coefficient (Wildman–Crippen LogP) is 4.06. The molecule has 1 heterocycles. The summed E-state index contributed by atoms with van der Waals surface area (Å²) in [6, 6.07) is 20.7. The molecule has 1 aromatic heterocycles. The molecule has 0 radical (unpaired) electrons. The third kappa shape index (κ3) is 4.92. The molecule has 0 unspecified atom stereocenters. The van der Waals surface area contributed by atoms with Gasteiger partial charge in [-0.05, 0) is 17.2 Å². The van der Waals surface area contributed by atoms with E-state index in [0.717, 1.165) is 23.4 Å². The molecular weight excluding hydrogens is 423 g/mol. The first-order valence-electron chi connectivity index (χ1n) is 8.06. The molecule has 0 saturated heterocycles. The van der Waals surface area contributed by atoms with E-state index in [-0.39, 0.29) is 24.0 Å². The zero-order valence-electron chi connectivity index (χ0n) is 14.5. The molecule has 0 aliphatic carbocycles. The van der Waals surface area contributed by atoms with Crippen molar-refractivity contribution in [3.05, 3.63) is 78.0 Å². The van der Waals surface area contributed by atoms with Crippen LogP contribution >= 0.6 is 24.0 Å². The van der Waals surface area contributed by atoms with Crippen LogP contribution in [0.5, 0.6) is 0 Å². The minimum absolute atomic E-state index is 0. The molecule has 130 valence electrons. The Labute approximate surface area is 166 Å². The second-order valence-corrected chi connectivity index (χ2v) is 5.73. The Morgan fingerprint density at radius 3 is 2.56 bits per heavy atom. The quantitative estimate of drug-likeness (QED) is 0.374. The molecule has 0 bridgehead atoms. The minimum atomic E-state index is 0. The Bertz CT molecular complexity index is 828. The topological polar surface area (TPSA) is 40.5 Å². The zero-order valence-corrected chi connectivity index (χ0v) is 16.8. The van der Waals surface area contributed by atoms with Crippen molar-refractivity contribution in [1.82, 2.24) is 15.2 Å². The van der Waals surface area contributed by atoms with E-state index in [9.17, 15) is 0 Å². The lowest BCUT2D eigenvalue weighted by atomic mass is 10.1. The fourth-order valence-corrected chi connectivity index (χ4v) is 2.80. The number of pyridine rings is 1. The smallest absolute Gasteiger partial charge is 0.193 e. The van der Waals surface area contributed by atoms with Crippen molar-refractivity contribution < 1.29 is 0 Å². The van der Waals surface area contributed by atoms with E-state index in [0.29, 0.717) is 6.54 Å². The maximum atomic E-state index is 4.50. The molecule has 0 aliphatic heterocycles. The van der Waals surface area contributed by atoms with Gasteiger partial charge in [-0.3, -0.25) is 9.98 Å². The molecule has 2 aromatic carbocycles. The molecule has 0 amide bonds. The van der Waals surface area contributed by atoms with Gasteiger partial charge in [0.05, 0.1) is 5.52 Å². The maximum absolute atomic E-state index is 4.50. The van der Waals surface area contributed by atoms with E-state index in [1.54, 1.807) is 0 Å². The summed E-state index contributed by atoms with van der Waals surface area (Å²) in [6.07, 6.45) is 1.84. The Balaban J connectivity index is 0.00000225. The summed E-state index contributed by atoms with van der Waals surface area (Å²) in [5, 5.41) is 4.59. The Hall–Kier alpha value is -2.15. The van der Waals surface area contributed by atoms with Crippen LogP contribution in [0.25, 0.3) is 10.9 Å². The number of rotatable bonds is 4. The number of guanidine groups is 1. The van der Waals surface area contributed by atoms with Gasteiger partial charge in [0.25, 0.3) is 0 Å². The van der Waals surface area contributed by atoms with Crippen molar-refractivity contribution >= 4 is 40.8 Å². The van der Waals surface area contributed by atoms with Gasteiger partial charge in [0, 0.05) is 38.8 Å². The molecule has 3 aromatic rings. The highest BCUT2D eigenvalue weighted by Crippen LogP contribution is 2.15. The third-order valence-electron chi connectivity index (χ3n) is 3.99. The number of nitrogens with one attached hydrogen (secondary N) is 1. The SMILES string of the molecule is CN=C(NCc1cccc2cccnc12)N(C)Cc1ccccc1.I. The normalized spacial score (nSPS) is 11.0. The van der Waals surface area contributed by atoms with Gasteiger partial charge >= 0.3 is 0 Å². The molecule has 5 heteroatoms. The number of nitrogens with zero attached hydrogens (tertiary/aromatic N) is 3. The molecule has 3 rings (SSSR count). The lowest BCUT2D eigenvalue weighted by Gasteiger charge is -2.22. The van der Waals surface area contributed by atoms with Gasteiger partial charge in [0.1, 0.15) is 0 Å². The average Bonchev–Trinajstić information content (AvgIpc) is 2.63. The standard InChI is InChI=1S/C20H22N4.HI/c1-21-20(24(2)15-16-8-4-3-5-9-16)23-14-18-11-6-10-17-12-7-13-22-19(17)18;/h3-13H,14-15H2,1-2H3,(H,21,23);1H. The molecule has 25 heavy (non-hydrogen) atoms. The van der Waals surface area contributed by atoms with Crippen LogP contribution in [0, 0.1) is 0 Å². The predicted molar refractivity (Wildman–Crippen MR) is 115 cm³/mol. The lowest BCUT2D eigenvalue weighted by molar-refractivity contribution is 0.477. The summed E-state index contributed by atoms with van der Waals surface area (Å²) in [5.74, 6) is 0.867. The van der Waals surface area contributed by atoms with E-state index < -0.39 is 0 Å². The van der Waals surface area contributed by atoms with E-state index in [1.807, 2.05) is 32.4 Å². The summed E-state index contributed by atoms with van der Waals surface area (Å²) < 4.78 is 0. The highest BCUT2D eigenvalue weighted by Gasteiger charge is 2.08. The molecule has 1 N–H and O–H groups in total. The van der Waals surface area contributed by atoms with Crippen LogP contribution in [0.1, 0.15) is 11.1 Å². The fourth-order valence-electron chi connectivity index (χ4n) is 2.80.